The zero-order valence-corrected chi connectivity index (χ0v) is 11.1. The van der Waals surface area contributed by atoms with Crippen LogP contribution in [0.2, 0.25) is 5.02 Å². The number of aromatic hydroxyl groups is 1. The van der Waals surface area contributed by atoms with Gasteiger partial charge in [0.1, 0.15) is 11.5 Å². The predicted molar refractivity (Wildman–Crippen MR) is 74.1 cm³/mol. The lowest BCUT2D eigenvalue weighted by Crippen LogP contribution is -2.04. The van der Waals surface area contributed by atoms with Crippen LogP contribution >= 0.6 is 11.6 Å². The lowest BCUT2D eigenvalue weighted by Gasteiger charge is -2.07. The maximum absolute atomic E-state index is 12.2. The molecule has 98 valence electrons. The van der Waals surface area contributed by atoms with Crippen molar-refractivity contribution < 1.29 is 14.6 Å². The second-order valence-corrected chi connectivity index (χ2v) is 4.48. The van der Waals surface area contributed by atoms with Crippen molar-refractivity contribution >= 4 is 17.4 Å². The van der Waals surface area contributed by atoms with Gasteiger partial charge in [-0.15, -0.1) is 0 Å². The topological polar surface area (TPSA) is 46.5 Å². The van der Waals surface area contributed by atoms with Gasteiger partial charge >= 0.3 is 0 Å². The number of methoxy groups -OCH3 is 1. The number of phenols is 1. The highest BCUT2D eigenvalue weighted by atomic mass is 35.5. The Kier molecular flexibility index (Phi) is 4.07. The van der Waals surface area contributed by atoms with Gasteiger partial charge in [0.15, 0.2) is 5.78 Å². The van der Waals surface area contributed by atoms with E-state index in [9.17, 15) is 9.90 Å². The standard InChI is InChI=1S/C15H13ClO3/c1-19-11-6-7-14(17)12(9-11)15(18)8-10-4-2-3-5-13(10)16/h2-7,9,17H,8H2,1H3. The molecule has 0 bridgehead atoms. The van der Waals surface area contributed by atoms with Crippen LogP contribution in [-0.2, 0) is 6.42 Å². The summed E-state index contributed by atoms with van der Waals surface area (Å²) in [5.41, 5.74) is 0.968. The molecule has 0 saturated heterocycles. The van der Waals surface area contributed by atoms with E-state index in [0.29, 0.717) is 10.8 Å². The van der Waals surface area contributed by atoms with Crippen LogP contribution in [0.5, 0.6) is 11.5 Å². The molecule has 0 unspecified atom stereocenters. The summed E-state index contributed by atoms with van der Waals surface area (Å²) in [6.45, 7) is 0. The van der Waals surface area contributed by atoms with Crippen LogP contribution in [0, 0.1) is 0 Å². The number of carbonyl (C=O) groups is 1. The van der Waals surface area contributed by atoms with Gasteiger partial charge in [0.05, 0.1) is 12.7 Å². The fourth-order valence-corrected chi connectivity index (χ4v) is 1.98. The number of ether oxygens (including phenoxy) is 1. The van der Waals surface area contributed by atoms with E-state index in [1.165, 1.54) is 19.2 Å². The molecule has 2 aromatic carbocycles. The molecule has 1 N–H and O–H groups in total. The Bertz CT molecular complexity index is 608. The lowest BCUT2D eigenvalue weighted by molar-refractivity contribution is 0.0990. The minimum Gasteiger partial charge on any atom is -0.507 e. The maximum atomic E-state index is 12.2. The largest absolute Gasteiger partial charge is 0.507 e. The van der Waals surface area contributed by atoms with Crippen LogP contribution in [0.1, 0.15) is 15.9 Å². The minimum atomic E-state index is -0.204. The van der Waals surface area contributed by atoms with Gasteiger partial charge in [0, 0.05) is 11.4 Å². The fraction of sp³-hybridized carbons (Fsp3) is 0.133. The highest BCUT2D eigenvalue weighted by Crippen LogP contribution is 2.25. The molecule has 4 heteroatoms. The summed E-state index contributed by atoms with van der Waals surface area (Å²) in [6, 6.07) is 11.7. The highest BCUT2D eigenvalue weighted by molar-refractivity contribution is 6.31. The van der Waals surface area contributed by atoms with Crippen molar-refractivity contribution in [1.29, 1.82) is 0 Å². The first-order valence-corrected chi connectivity index (χ1v) is 6.13. The number of hydrogen-bond acceptors (Lipinski definition) is 3. The molecule has 0 aliphatic carbocycles. The van der Waals surface area contributed by atoms with Crippen LogP contribution in [0.3, 0.4) is 0 Å². The van der Waals surface area contributed by atoms with Gasteiger partial charge in [-0.05, 0) is 29.8 Å². The molecule has 0 aliphatic rings. The van der Waals surface area contributed by atoms with Gasteiger partial charge in [-0.2, -0.15) is 0 Å². The average Bonchev–Trinajstić information content (AvgIpc) is 2.42. The Morgan fingerprint density at radius 2 is 2.00 bits per heavy atom. The first-order valence-electron chi connectivity index (χ1n) is 5.75. The fourth-order valence-electron chi connectivity index (χ4n) is 1.78. The molecule has 0 saturated carbocycles. The molecule has 0 radical (unpaired) electrons. The molecule has 3 nitrogen and oxygen atoms in total. The van der Waals surface area contributed by atoms with E-state index >= 15 is 0 Å². The van der Waals surface area contributed by atoms with Crippen LogP contribution in [0.4, 0.5) is 0 Å². The van der Waals surface area contributed by atoms with Crippen LogP contribution < -0.4 is 4.74 Å². The van der Waals surface area contributed by atoms with Crippen molar-refractivity contribution in [2.75, 3.05) is 7.11 Å². The van der Waals surface area contributed by atoms with Gasteiger partial charge in [-0.25, -0.2) is 0 Å². The van der Waals surface area contributed by atoms with Crippen molar-refractivity contribution in [2.24, 2.45) is 0 Å². The van der Waals surface area contributed by atoms with E-state index < -0.39 is 0 Å². The van der Waals surface area contributed by atoms with Crippen molar-refractivity contribution in [2.45, 2.75) is 6.42 Å². The van der Waals surface area contributed by atoms with E-state index in [1.54, 1.807) is 24.3 Å². The summed E-state index contributed by atoms with van der Waals surface area (Å²) < 4.78 is 5.04. The number of ketones is 1. The molecule has 0 amide bonds. The lowest BCUT2D eigenvalue weighted by atomic mass is 10.0. The minimum absolute atomic E-state index is 0.0575. The summed E-state index contributed by atoms with van der Waals surface area (Å²) in [4.78, 5) is 12.2. The van der Waals surface area contributed by atoms with Crippen molar-refractivity contribution in [3.8, 4) is 11.5 Å². The van der Waals surface area contributed by atoms with Crippen LogP contribution in [0.25, 0.3) is 0 Å². The van der Waals surface area contributed by atoms with Gasteiger partial charge in [0.25, 0.3) is 0 Å². The van der Waals surface area contributed by atoms with E-state index in [-0.39, 0.29) is 23.5 Å². The van der Waals surface area contributed by atoms with Crippen molar-refractivity contribution in [3.05, 3.63) is 58.6 Å². The molecule has 0 aromatic heterocycles. The monoisotopic (exact) mass is 276 g/mol. The van der Waals surface area contributed by atoms with E-state index in [0.717, 1.165) is 5.56 Å². The first-order chi connectivity index (χ1) is 9.11. The molecule has 0 heterocycles. The quantitative estimate of drug-likeness (QED) is 0.870. The van der Waals surface area contributed by atoms with E-state index in [1.807, 2.05) is 6.07 Å². The molecule has 0 atom stereocenters. The normalized spacial score (nSPS) is 10.2. The SMILES string of the molecule is COc1ccc(O)c(C(=O)Cc2ccccc2Cl)c1. The Labute approximate surface area is 116 Å². The third-order valence-electron chi connectivity index (χ3n) is 2.81. The molecular formula is C15H13ClO3. The summed E-state index contributed by atoms with van der Waals surface area (Å²) in [5.74, 6) is 0.266. The molecule has 0 spiro atoms. The highest BCUT2D eigenvalue weighted by Gasteiger charge is 2.14. The number of halogens is 1. The second kappa shape index (κ2) is 5.76. The zero-order valence-electron chi connectivity index (χ0n) is 10.4. The third kappa shape index (κ3) is 3.06. The molecule has 2 rings (SSSR count). The number of Topliss-reactive ketones (excluding diaryl/α,β-unsaturated/α-hetero) is 1. The van der Waals surface area contributed by atoms with Crippen LogP contribution in [-0.4, -0.2) is 18.0 Å². The Morgan fingerprint density at radius 1 is 1.26 bits per heavy atom. The smallest absolute Gasteiger partial charge is 0.171 e. The number of benzene rings is 2. The molecule has 19 heavy (non-hydrogen) atoms. The predicted octanol–water partition coefficient (Wildman–Crippen LogP) is 3.48. The summed E-state index contributed by atoms with van der Waals surface area (Å²) in [7, 11) is 1.51. The van der Waals surface area contributed by atoms with Gasteiger partial charge < -0.3 is 9.84 Å². The Morgan fingerprint density at radius 3 is 2.68 bits per heavy atom. The molecule has 0 fully saturated rings. The Hall–Kier alpha value is -2.00. The van der Waals surface area contributed by atoms with Crippen molar-refractivity contribution in [3.63, 3.8) is 0 Å². The third-order valence-corrected chi connectivity index (χ3v) is 3.18. The number of phenolic OH excluding ortho intramolecular Hbond substituents is 1. The molecule has 0 aliphatic heterocycles. The van der Waals surface area contributed by atoms with Crippen LogP contribution in [0.15, 0.2) is 42.5 Å². The number of rotatable bonds is 4. The van der Waals surface area contributed by atoms with Gasteiger partial charge in [0.2, 0.25) is 0 Å². The van der Waals surface area contributed by atoms with Gasteiger partial charge in [-0.1, -0.05) is 29.8 Å². The zero-order chi connectivity index (χ0) is 13.8. The Balaban J connectivity index is 2.28. The van der Waals surface area contributed by atoms with E-state index in [4.69, 9.17) is 16.3 Å². The average molecular weight is 277 g/mol. The second-order valence-electron chi connectivity index (χ2n) is 4.07. The molecule has 2 aromatic rings. The summed E-state index contributed by atoms with van der Waals surface area (Å²) in [6.07, 6.45) is 0.139. The number of hydrogen-bond donors (Lipinski definition) is 1. The first kappa shape index (κ1) is 13.4. The summed E-state index contributed by atoms with van der Waals surface area (Å²) in [5, 5.41) is 10.3. The summed E-state index contributed by atoms with van der Waals surface area (Å²) >= 11 is 6.01. The number of carbonyl (C=O) groups excluding carboxylic acids is 1. The maximum Gasteiger partial charge on any atom is 0.171 e. The van der Waals surface area contributed by atoms with Gasteiger partial charge in [-0.3, -0.25) is 4.79 Å². The van der Waals surface area contributed by atoms with E-state index in [2.05, 4.69) is 0 Å². The van der Waals surface area contributed by atoms with Crippen molar-refractivity contribution in [1.82, 2.24) is 0 Å². The molecular weight excluding hydrogens is 264 g/mol.